The molecule has 1 unspecified atom stereocenters. The lowest BCUT2D eigenvalue weighted by Gasteiger charge is -2.15. The van der Waals surface area contributed by atoms with Gasteiger partial charge in [-0.25, -0.2) is 0 Å². The van der Waals surface area contributed by atoms with Crippen LogP contribution in [0.3, 0.4) is 0 Å². The van der Waals surface area contributed by atoms with Crippen molar-refractivity contribution in [3.63, 3.8) is 0 Å². The molecule has 16 heavy (non-hydrogen) atoms. The molecule has 5 heteroatoms. The van der Waals surface area contributed by atoms with Crippen LogP contribution in [-0.4, -0.2) is 28.0 Å². The molecule has 3 heterocycles. The second kappa shape index (κ2) is 3.23. The van der Waals surface area contributed by atoms with Gasteiger partial charge in [0.2, 0.25) is 5.78 Å². The zero-order valence-corrected chi connectivity index (χ0v) is 8.79. The predicted molar refractivity (Wildman–Crippen MR) is 59.6 cm³/mol. The summed E-state index contributed by atoms with van der Waals surface area (Å²) in [5.74, 6) is -0.0207. The number of aryl methyl sites for hydroxylation is 1. The van der Waals surface area contributed by atoms with Crippen LogP contribution in [0.4, 0.5) is 0 Å². The molecule has 0 aromatic carbocycles. The molecule has 0 bridgehead atoms. The zero-order valence-electron chi connectivity index (χ0n) is 8.79. The van der Waals surface area contributed by atoms with E-state index in [1.807, 2.05) is 13.2 Å². The van der Waals surface area contributed by atoms with Crippen molar-refractivity contribution < 1.29 is 4.79 Å². The van der Waals surface area contributed by atoms with E-state index in [0.29, 0.717) is 6.42 Å². The average Bonchev–Trinajstić information content (AvgIpc) is 2.87. The van der Waals surface area contributed by atoms with Crippen LogP contribution in [0.25, 0.3) is 0 Å². The fourth-order valence-electron chi connectivity index (χ4n) is 2.00. The third kappa shape index (κ3) is 1.25. The summed E-state index contributed by atoms with van der Waals surface area (Å²) in [7, 11) is 1.86. The highest BCUT2D eigenvalue weighted by molar-refractivity contribution is 6.37. The molecule has 0 spiro atoms. The fourth-order valence-corrected chi connectivity index (χ4v) is 2.00. The number of carbonyl (C=O) groups is 1. The van der Waals surface area contributed by atoms with Crippen molar-refractivity contribution >= 4 is 18.2 Å². The molecule has 0 aliphatic carbocycles. The van der Waals surface area contributed by atoms with E-state index in [4.69, 9.17) is 0 Å². The van der Waals surface area contributed by atoms with Gasteiger partial charge in [0.25, 0.3) is 0 Å². The number of rotatable bonds is 1. The molecule has 2 aliphatic rings. The number of Topliss-reactive ketones (excluding diaryl/α,β-unsaturated/α-hetero) is 1. The van der Waals surface area contributed by atoms with Crippen molar-refractivity contribution in [2.24, 2.45) is 17.0 Å². The van der Waals surface area contributed by atoms with Crippen molar-refractivity contribution in [1.82, 2.24) is 9.78 Å². The topological polar surface area (TPSA) is 59.6 Å². The number of allylic oxidation sites excluding steroid dienone is 1. The first-order valence-corrected chi connectivity index (χ1v) is 5.07. The predicted octanol–water partition coefficient (Wildman–Crippen LogP) is 0.843. The molecule has 5 nitrogen and oxygen atoms in total. The first kappa shape index (κ1) is 9.21. The van der Waals surface area contributed by atoms with Crippen LogP contribution in [0.1, 0.15) is 18.0 Å². The van der Waals surface area contributed by atoms with E-state index in [2.05, 4.69) is 15.1 Å². The van der Waals surface area contributed by atoms with Crippen LogP contribution in [0.2, 0.25) is 0 Å². The number of hydrogen-bond acceptors (Lipinski definition) is 4. The van der Waals surface area contributed by atoms with Gasteiger partial charge >= 0.3 is 0 Å². The Labute approximate surface area is 92.2 Å². The van der Waals surface area contributed by atoms with Crippen LogP contribution in [0.15, 0.2) is 33.6 Å². The summed E-state index contributed by atoms with van der Waals surface area (Å²) in [6.45, 7) is 0. The second-order valence-corrected chi connectivity index (χ2v) is 3.87. The molecular weight excluding hydrogens is 204 g/mol. The van der Waals surface area contributed by atoms with E-state index < -0.39 is 0 Å². The summed E-state index contributed by atoms with van der Waals surface area (Å²) < 4.78 is 1.72. The Bertz CT molecular complexity index is 550. The van der Waals surface area contributed by atoms with Gasteiger partial charge in [-0.2, -0.15) is 5.10 Å². The highest BCUT2D eigenvalue weighted by Crippen LogP contribution is 2.34. The van der Waals surface area contributed by atoms with Gasteiger partial charge in [-0.15, -0.1) is 0 Å². The highest BCUT2D eigenvalue weighted by Gasteiger charge is 2.29. The first-order chi connectivity index (χ1) is 7.75. The van der Waals surface area contributed by atoms with Crippen LogP contribution in [0, 0.1) is 0 Å². The van der Waals surface area contributed by atoms with Crippen molar-refractivity contribution in [3.8, 4) is 0 Å². The summed E-state index contributed by atoms with van der Waals surface area (Å²) in [4.78, 5) is 20.0. The highest BCUT2D eigenvalue weighted by atomic mass is 16.1. The van der Waals surface area contributed by atoms with Crippen molar-refractivity contribution in [1.29, 1.82) is 0 Å². The van der Waals surface area contributed by atoms with E-state index >= 15 is 0 Å². The molecule has 1 atom stereocenters. The lowest BCUT2D eigenvalue weighted by atomic mass is 9.98. The quantitative estimate of drug-likeness (QED) is 0.695. The third-order valence-electron chi connectivity index (χ3n) is 2.77. The second-order valence-electron chi connectivity index (χ2n) is 3.87. The van der Waals surface area contributed by atoms with Crippen molar-refractivity contribution in [2.45, 2.75) is 12.5 Å². The Morgan fingerprint density at radius 3 is 3.12 bits per heavy atom. The van der Waals surface area contributed by atoms with Crippen LogP contribution in [0.5, 0.6) is 0 Å². The smallest absolute Gasteiger partial charge is 0.201 e. The standard InChI is InChI=1S/C11H10N4O/c1-15-6-7(4-14-15)10-11-8(2-3-12-11)9(16)5-13-10/h3-6,10H,2H2,1H3. The Hall–Kier alpha value is -2.04. The summed E-state index contributed by atoms with van der Waals surface area (Å²) >= 11 is 0. The maximum Gasteiger partial charge on any atom is 0.201 e. The lowest BCUT2D eigenvalue weighted by molar-refractivity contribution is -0.109. The molecule has 0 radical (unpaired) electrons. The number of carbonyl (C=O) groups excluding carboxylic acids is 1. The van der Waals surface area contributed by atoms with Gasteiger partial charge < -0.3 is 0 Å². The van der Waals surface area contributed by atoms with E-state index in [0.717, 1.165) is 16.8 Å². The van der Waals surface area contributed by atoms with Gasteiger partial charge in [0.15, 0.2) is 0 Å². The van der Waals surface area contributed by atoms with E-state index in [-0.39, 0.29) is 11.8 Å². The minimum absolute atomic E-state index is 0.0207. The Balaban J connectivity index is 2.06. The van der Waals surface area contributed by atoms with Gasteiger partial charge in [0.1, 0.15) is 6.04 Å². The number of aromatic nitrogens is 2. The third-order valence-corrected chi connectivity index (χ3v) is 2.77. The average molecular weight is 214 g/mol. The minimum atomic E-state index is -0.167. The van der Waals surface area contributed by atoms with Crippen LogP contribution < -0.4 is 0 Å². The van der Waals surface area contributed by atoms with Gasteiger partial charge in [0.05, 0.1) is 18.1 Å². The van der Waals surface area contributed by atoms with Gasteiger partial charge in [-0.3, -0.25) is 19.5 Å². The molecule has 80 valence electrons. The summed E-state index contributed by atoms with van der Waals surface area (Å²) in [5, 5.41) is 4.11. The molecule has 1 aromatic heterocycles. The summed E-state index contributed by atoms with van der Waals surface area (Å²) in [6, 6.07) is -0.167. The molecular formula is C11H10N4O. The minimum Gasteiger partial charge on any atom is -0.288 e. The van der Waals surface area contributed by atoms with Gasteiger partial charge in [-0.05, 0) is 0 Å². The first-order valence-electron chi connectivity index (χ1n) is 5.07. The van der Waals surface area contributed by atoms with Crippen LogP contribution >= 0.6 is 0 Å². The normalized spacial score (nSPS) is 23.1. The monoisotopic (exact) mass is 214 g/mol. The molecule has 0 N–H and O–H groups in total. The number of hydrogen-bond donors (Lipinski definition) is 0. The Kier molecular flexibility index (Phi) is 1.86. The zero-order chi connectivity index (χ0) is 11.1. The number of nitrogens with zero attached hydrogens (tertiary/aromatic N) is 4. The fraction of sp³-hybridized carbons (Fsp3) is 0.273. The molecule has 1 aromatic rings. The van der Waals surface area contributed by atoms with Gasteiger partial charge in [0, 0.05) is 37.0 Å². The van der Waals surface area contributed by atoms with E-state index in [1.165, 1.54) is 6.21 Å². The maximum absolute atomic E-state index is 11.5. The van der Waals surface area contributed by atoms with Crippen LogP contribution in [-0.2, 0) is 11.8 Å². The molecule has 0 amide bonds. The Morgan fingerprint density at radius 1 is 1.50 bits per heavy atom. The molecule has 0 fully saturated rings. The Morgan fingerprint density at radius 2 is 2.38 bits per heavy atom. The number of aliphatic imine (C=N–C) groups is 2. The molecule has 3 rings (SSSR count). The summed E-state index contributed by atoms with van der Waals surface area (Å²) in [6.07, 6.45) is 7.44. The van der Waals surface area contributed by atoms with Crippen molar-refractivity contribution in [2.75, 3.05) is 0 Å². The molecule has 0 saturated carbocycles. The molecule has 2 aliphatic heterocycles. The number of dihydropyridines is 1. The molecule has 0 saturated heterocycles. The SMILES string of the molecule is Cn1cc(C2N=CC(=O)C3=C2N=CC3)cn1. The van der Waals surface area contributed by atoms with Gasteiger partial charge in [-0.1, -0.05) is 0 Å². The number of ketones is 1. The van der Waals surface area contributed by atoms with E-state index in [1.54, 1.807) is 17.1 Å². The van der Waals surface area contributed by atoms with Crippen molar-refractivity contribution in [3.05, 3.63) is 29.2 Å². The van der Waals surface area contributed by atoms with E-state index in [9.17, 15) is 4.79 Å². The lowest BCUT2D eigenvalue weighted by Crippen LogP contribution is -2.14. The summed E-state index contributed by atoms with van der Waals surface area (Å²) in [5.41, 5.74) is 2.52. The maximum atomic E-state index is 11.5. The largest absolute Gasteiger partial charge is 0.288 e.